The van der Waals surface area contributed by atoms with Gasteiger partial charge in [0.05, 0.1) is 19.3 Å². The summed E-state index contributed by atoms with van der Waals surface area (Å²) in [5, 5.41) is 0. The molecule has 1 heterocycles. The Morgan fingerprint density at radius 2 is 1.54 bits per heavy atom. The Hall–Kier alpha value is -1.68. The summed E-state index contributed by atoms with van der Waals surface area (Å²) in [5.74, 6) is 0.626. The minimum Gasteiger partial charge on any atom is -0.376 e. The quantitative estimate of drug-likeness (QED) is 0.695. The maximum atomic E-state index is 11.8. The molecular weight excluding hydrogens is 370 g/mol. The molecule has 0 N–H and O–H groups in total. The molecule has 4 heteroatoms. The van der Waals surface area contributed by atoms with E-state index in [1.54, 1.807) is 0 Å². The van der Waals surface area contributed by atoms with Crippen molar-refractivity contribution in [3.63, 3.8) is 0 Å². The highest BCUT2D eigenvalue weighted by molar-refractivity contribution is 5.85. The van der Waals surface area contributed by atoms with E-state index < -0.39 is 0 Å². The molecule has 0 radical (unpaired) electrons. The van der Waals surface area contributed by atoms with Crippen LogP contribution in [0.2, 0.25) is 0 Å². The monoisotopic (exact) mass is 399 g/mol. The van der Waals surface area contributed by atoms with E-state index in [2.05, 4.69) is 65.6 Å². The Labute approximate surface area is 174 Å². The molecule has 2 atom stereocenters. The molecular formula is C24H30ClNO2. The van der Waals surface area contributed by atoms with E-state index in [0.29, 0.717) is 31.4 Å². The summed E-state index contributed by atoms with van der Waals surface area (Å²) in [6.07, 6.45) is 5.67. The fourth-order valence-corrected chi connectivity index (χ4v) is 4.60. The van der Waals surface area contributed by atoms with Crippen molar-refractivity contribution >= 4 is 18.2 Å². The molecule has 2 aliphatic rings. The van der Waals surface area contributed by atoms with Crippen LogP contribution in [0.4, 0.5) is 0 Å². The number of nitrogens with zero attached hydrogens (tertiary/aromatic N) is 1. The third-order valence-corrected chi connectivity index (χ3v) is 6.07. The number of ketones is 1. The van der Waals surface area contributed by atoms with Gasteiger partial charge in [0.15, 0.2) is 0 Å². The molecule has 2 aromatic rings. The minimum absolute atomic E-state index is 0. The Kier molecular flexibility index (Phi) is 7.66. The maximum absolute atomic E-state index is 11.8. The zero-order valence-electron chi connectivity index (χ0n) is 16.3. The number of carbonyl (C=O) groups excluding carboxylic acids is 1. The molecule has 0 unspecified atom stereocenters. The number of ether oxygens (including phenoxy) is 1. The van der Waals surface area contributed by atoms with Crippen LogP contribution < -0.4 is 0 Å². The largest absolute Gasteiger partial charge is 0.376 e. The summed E-state index contributed by atoms with van der Waals surface area (Å²) < 4.78 is 6.56. The number of likely N-dealkylation sites (tertiary alicyclic amines) is 1. The van der Waals surface area contributed by atoms with Gasteiger partial charge in [-0.05, 0) is 24.0 Å². The van der Waals surface area contributed by atoms with Crippen LogP contribution >= 0.6 is 12.4 Å². The van der Waals surface area contributed by atoms with Crippen LogP contribution in [0.3, 0.4) is 0 Å². The Balaban J connectivity index is 0.00000225. The van der Waals surface area contributed by atoms with E-state index in [4.69, 9.17) is 4.74 Å². The molecule has 2 fully saturated rings. The van der Waals surface area contributed by atoms with Crippen molar-refractivity contribution in [1.29, 1.82) is 0 Å². The molecule has 0 aromatic heterocycles. The number of hydrogen-bond acceptors (Lipinski definition) is 3. The van der Waals surface area contributed by atoms with Crippen LogP contribution in [-0.2, 0) is 9.53 Å². The molecule has 150 valence electrons. The van der Waals surface area contributed by atoms with Gasteiger partial charge < -0.3 is 4.74 Å². The minimum atomic E-state index is 0. The van der Waals surface area contributed by atoms with Gasteiger partial charge >= 0.3 is 0 Å². The lowest BCUT2D eigenvalue weighted by Gasteiger charge is -2.38. The van der Waals surface area contributed by atoms with Crippen molar-refractivity contribution in [2.45, 2.75) is 50.2 Å². The van der Waals surface area contributed by atoms with E-state index in [1.807, 2.05) is 0 Å². The van der Waals surface area contributed by atoms with Crippen LogP contribution in [0.5, 0.6) is 0 Å². The first-order valence-corrected chi connectivity index (χ1v) is 10.3. The van der Waals surface area contributed by atoms with Crippen LogP contribution in [0.25, 0.3) is 0 Å². The van der Waals surface area contributed by atoms with Crippen LogP contribution in [0, 0.1) is 0 Å². The smallest absolute Gasteiger partial charge is 0.148 e. The summed E-state index contributed by atoms with van der Waals surface area (Å²) in [6, 6.07) is 21.7. The van der Waals surface area contributed by atoms with Gasteiger partial charge in [0.2, 0.25) is 0 Å². The van der Waals surface area contributed by atoms with E-state index in [-0.39, 0.29) is 24.4 Å². The van der Waals surface area contributed by atoms with Gasteiger partial charge in [-0.15, -0.1) is 12.4 Å². The van der Waals surface area contributed by atoms with Crippen LogP contribution in [0.15, 0.2) is 60.7 Å². The molecule has 0 spiro atoms. The van der Waals surface area contributed by atoms with Crippen LogP contribution in [0.1, 0.15) is 49.1 Å². The number of carbonyl (C=O) groups is 1. The van der Waals surface area contributed by atoms with Crippen LogP contribution in [-0.4, -0.2) is 42.5 Å². The van der Waals surface area contributed by atoms with Gasteiger partial charge in [0, 0.05) is 24.9 Å². The number of halogens is 1. The highest BCUT2D eigenvalue weighted by atomic mass is 35.5. The molecule has 1 saturated carbocycles. The highest BCUT2D eigenvalue weighted by Crippen LogP contribution is 2.31. The lowest BCUT2D eigenvalue weighted by molar-refractivity contribution is -0.117. The molecule has 1 saturated heterocycles. The van der Waals surface area contributed by atoms with Crippen molar-refractivity contribution in [2.75, 3.05) is 19.7 Å². The first-order chi connectivity index (χ1) is 13.3. The third-order valence-electron chi connectivity index (χ3n) is 6.07. The number of rotatable bonds is 6. The Bertz CT molecular complexity index is 697. The number of hydrogen-bond donors (Lipinski definition) is 0. The predicted molar refractivity (Wildman–Crippen MR) is 115 cm³/mol. The average molecular weight is 400 g/mol. The Morgan fingerprint density at radius 3 is 2.11 bits per heavy atom. The fraction of sp³-hybridized carbons (Fsp3) is 0.458. The zero-order valence-corrected chi connectivity index (χ0v) is 17.2. The van der Waals surface area contributed by atoms with E-state index in [9.17, 15) is 4.79 Å². The topological polar surface area (TPSA) is 29.5 Å². The summed E-state index contributed by atoms with van der Waals surface area (Å²) in [5.41, 5.74) is 2.60. The summed E-state index contributed by atoms with van der Waals surface area (Å²) >= 11 is 0. The maximum Gasteiger partial charge on any atom is 0.148 e. The summed E-state index contributed by atoms with van der Waals surface area (Å²) in [4.78, 5) is 14.1. The fourth-order valence-electron chi connectivity index (χ4n) is 4.60. The lowest BCUT2D eigenvalue weighted by atomic mass is 9.90. The lowest BCUT2D eigenvalue weighted by Crippen LogP contribution is -2.46. The average Bonchev–Trinajstić information content (AvgIpc) is 3.16. The normalized spacial score (nSPS) is 23.0. The van der Waals surface area contributed by atoms with Gasteiger partial charge in [-0.25, -0.2) is 0 Å². The standard InChI is InChI=1S/C24H29NO2.ClH/c26-21-15-16-25(17-21)23-13-7-8-14-24(23)27-18-22(19-9-3-1-4-10-19)20-11-5-2-6-12-20;/h1-6,9-12,22-24H,7-8,13-18H2;1H/t23-,24-;/m0./s1. The van der Waals surface area contributed by atoms with E-state index >= 15 is 0 Å². The summed E-state index contributed by atoms with van der Waals surface area (Å²) in [6.45, 7) is 2.21. The molecule has 1 aliphatic carbocycles. The molecule has 28 heavy (non-hydrogen) atoms. The highest BCUT2D eigenvalue weighted by Gasteiger charge is 2.35. The first kappa shape index (κ1) is 21.0. The van der Waals surface area contributed by atoms with Gasteiger partial charge in [-0.3, -0.25) is 9.69 Å². The van der Waals surface area contributed by atoms with Crippen molar-refractivity contribution in [1.82, 2.24) is 4.90 Å². The second-order valence-corrected chi connectivity index (χ2v) is 7.86. The van der Waals surface area contributed by atoms with Crippen molar-refractivity contribution < 1.29 is 9.53 Å². The second-order valence-electron chi connectivity index (χ2n) is 7.86. The van der Waals surface area contributed by atoms with Crippen molar-refractivity contribution in [3.8, 4) is 0 Å². The van der Waals surface area contributed by atoms with Gasteiger partial charge in [0.1, 0.15) is 5.78 Å². The van der Waals surface area contributed by atoms with E-state index in [1.165, 1.54) is 24.0 Å². The predicted octanol–water partition coefficient (Wildman–Crippen LogP) is 4.84. The molecule has 3 nitrogen and oxygen atoms in total. The molecule has 2 aromatic carbocycles. The molecule has 0 amide bonds. The summed E-state index contributed by atoms with van der Waals surface area (Å²) in [7, 11) is 0. The second kappa shape index (κ2) is 10.2. The van der Waals surface area contributed by atoms with Crippen molar-refractivity contribution in [2.24, 2.45) is 0 Å². The third kappa shape index (κ3) is 5.02. The zero-order chi connectivity index (χ0) is 18.5. The molecule has 4 rings (SSSR count). The number of benzene rings is 2. The molecule has 1 aliphatic heterocycles. The van der Waals surface area contributed by atoms with Gasteiger partial charge in [-0.1, -0.05) is 73.5 Å². The van der Waals surface area contributed by atoms with Gasteiger partial charge in [0.25, 0.3) is 0 Å². The molecule has 0 bridgehead atoms. The SMILES string of the molecule is Cl.O=C1CCN([C@H]2CCCC[C@@H]2OCC(c2ccccc2)c2ccccc2)C1. The first-order valence-electron chi connectivity index (χ1n) is 10.3. The van der Waals surface area contributed by atoms with Crippen molar-refractivity contribution in [3.05, 3.63) is 71.8 Å². The Morgan fingerprint density at radius 1 is 0.929 bits per heavy atom. The van der Waals surface area contributed by atoms with E-state index in [0.717, 1.165) is 19.4 Å². The number of Topliss-reactive ketones (excluding diaryl/α,β-unsaturated/α-hetero) is 1. The van der Waals surface area contributed by atoms with Gasteiger partial charge in [-0.2, -0.15) is 0 Å².